The lowest BCUT2D eigenvalue weighted by Gasteiger charge is -2.26. The summed E-state index contributed by atoms with van der Waals surface area (Å²) in [6.07, 6.45) is 2.32. The van der Waals surface area contributed by atoms with Gasteiger partial charge in [-0.15, -0.1) is 11.3 Å². The first kappa shape index (κ1) is 15.4. The average Bonchev–Trinajstić information content (AvgIpc) is 3.04. The third kappa shape index (κ3) is 4.26. The first-order valence-electron chi connectivity index (χ1n) is 7.04. The van der Waals surface area contributed by atoms with Gasteiger partial charge in [0, 0.05) is 31.6 Å². The Morgan fingerprint density at radius 1 is 1.50 bits per heavy atom. The van der Waals surface area contributed by atoms with E-state index in [0.29, 0.717) is 18.8 Å². The zero-order chi connectivity index (χ0) is 14.5. The molecular formula is C14H23N3O2S. The molecule has 1 amide bonds. The minimum absolute atomic E-state index is 0.0201. The number of thiazole rings is 1. The third-order valence-electron chi connectivity index (χ3n) is 3.39. The Balaban J connectivity index is 2.01. The number of aryl methyl sites for hydroxylation is 1. The van der Waals surface area contributed by atoms with Crippen LogP contribution in [-0.2, 0) is 4.74 Å². The Morgan fingerprint density at radius 2 is 2.30 bits per heavy atom. The molecule has 0 saturated carbocycles. The highest BCUT2D eigenvalue weighted by Gasteiger charge is 2.24. The van der Waals surface area contributed by atoms with Crippen molar-refractivity contribution in [2.45, 2.75) is 25.9 Å². The first-order chi connectivity index (χ1) is 9.56. The van der Waals surface area contributed by atoms with Gasteiger partial charge in [0.15, 0.2) is 0 Å². The summed E-state index contributed by atoms with van der Waals surface area (Å²) in [7, 11) is 4.03. The second-order valence-electron chi connectivity index (χ2n) is 5.44. The molecule has 1 aliphatic heterocycles. The van der Waals surface area contributed by atoms with E-state index in [1.807, 2.05) is 31.3 Å². The first-order valence-corrected chi connectivity index (χ1v) is 7.92. The lowest BCUT2D eigenvalue weighted by Crippen LogP contribution is -2.41. The highest BCUT2D eigenvalue weighted by atomic mass is 32.1. The van der Waals surface area contributed by atoms with Gasteiger partial charge in [-0.1, -0.05) is 0 Å². The summed E-state index contributed by atoms with van der Waals surface area (Å²) in [6, 6.07) is 0. The molecule has 112 valence electrons. The van der Waals surface area contributed by atoms with Gasteiger partial charge in [-0.2, -0.15) is 0 Å². The molecule has 0 N–H and O–H groups in total. The van der Waals surface area contributed by atoms with Crippen LogP contribution in [-0.4, -0.2) is 67.1 Å². The molecule has 0 bridgehead atoms. The average molecular weight is 297 g/mol. The molecule has 5 nitrogen and oxygen atoms in total. The maximum Gasteiger partial charge on any atom is 0.273 e. The van der Waals surface area contributed by atoms with Crippen LogP contribution in [0.5, 0.6) is 0 Å². The number of carbonyl (C=O) groups excluding carboxylic acids is 1. The summed E-state index contributed by atoms with van der Waals surface area (Å²) in [5.74, 6) is 0.0201. The van der Waals surface area contributed by atoms with Gasteiger partial charge in [-0.25, -0.2) is 4.98 Å². The summed E-state index contributed by atoms with van der Waals surface area (Å²) in [5.41, 5.74) is 0.559. The number of amides is 1. The van der Waals surface area contributed by atoms with E-state index in [1.54, 1.807) is 0 Å². The van der Waals surface area contributed by atoms with Gasteiger partial charge in [-0.3, -0.25) is 4.79 Å². The number of ether oxygens (including phenoxy) is 1. The van der Waals surface area contributed by atoms with Gasteiger partial charge in [-0.05, 0) is 33.9 Å². The zero-order valence-corrected chi connectivity index (χ0v) is 13.3. The summed E-state index contributed by atoms with van der Waals surface area (Å²) in [6.45, 7) is 4.97. The quantitative estimate of drug-likeness (QED) is 0.801. The number of likely N-dealkylation sites (N-methyl/N-ethyl adjacent to an activating group) is 1. The third-order valence-corrected chi connectivity index (χ3v) is 4.16. The van der Waals surface area contributed by atoms with E-state index in [1.165, 1.54) is 11.3 Å². The Hall–Kier alpha value is -0.980. The molecule has 2 rings (SSSR count). The normalized spacial score (nSPS) is 18.7. The van der Waals surface area contributed by atoms with E-state index in [2.05, 4.69) is 9.88 Å². The minimum Gasteiger partial charge on any atom is -0.376 e. The van der Waals surface area contributed by atoms with E-state index >= 15 is 0 Å². The molecule has 6 heteroatoms. The molecule has 0 aliphatic carbocycles. The second-order valence-corrected chi connectivity index (χ2v) is 6.50. The molecule has 1 aromatic heterocycles. The molecule has 1 atom stereocenters. The Kier molecular flexibility index (Phi) is 5.51. The Bertz CT molecular complexity index is 441. The number of hydrogen-bond acceptors (Lipinski definition) is 5. The van der Waals surface area contributed by atoms with E-state index in [-0.39, 0.29) is 12.0 Å². The van der Waals surface area contributed by atoms with Crippen LogP contribution < -0.4 is 0 Å². The van der Waals surface area contributed by atoms with Crippen molar-refractivity contribution in [3.8, 4) is 0 Å². The van der Waals surface area contributed by atoms with Crippen LogP contribution in [0.3, 0.4) is 0 Å². The lowest BCUT2D eigenvalue weighted by molar-refractivity contribution is 0.0508. The van der Waals surface area contributed by atoms with Crippen molar-refractivity contribution in [2.24, 2.45) is 0 Å². The van der Waals surface area contributed by atoms with Crippen molar-refractivity contribution in [1.29, 1.82) is 0 Å². The molecule has 1 aromatic rings. The predicted molar refractivity (Wildman–Crippen MR) is 80.3 cm³/mol. The Labute approximate surface area is 124 Å². The van der Waals surface area contributed by atoms with Gasteiger partial charge >= 0.3 is 0 Å². The topological polar surface area (TPSA) is 45.7 Å². The van der Waals surface area contributed by atoms with Crippen LogP contribution in [0.15, 0.2) is 5.38 Å². The molecule has 1 aliphatic rings. The summed E-state index contributed by atoms with van der Waals surface area (Å²) in [5, 5.41) is 2.77. The second kappa shape index (κ2) is 7.15. The van der Waals surface area contributed by atoms with Crippen LogP contribution in [0.1, 0.15) is 28.3 Å². The standard InChI is InChI=1S/C14H23N3O2S/c1-11-15-13(10-20-11)14(18)17(7-6-16(2)3)9-12-5-4-8-19-12/h10,12H,4-9H2,1-3H3/t12-/m0/s1. The van der Waals surface area contributed by atoms with Gasteiger partial charge < -0.3 is 14.5 Å². The maximum absolute atomic E-state index is 12.6. The number of hydrogen-bond donors (Lipinski definition) is 0. The highest BCUT2D eigenvalue weighted by Crippen LogP contribution is 2.16. The van der Waals surface area contributed by atoms with Crippen LogP contribution in [0, 0.1) is 6.92 Å². The van der Waals surface area contributed by atoms with E-state index in [4.69, 9.17) is 4.74 Å². The van der Waals surface area contributed by atoms with Crippen molar-refractivity contribution >= 4 is 17.2 Å². The molecule has 0 spiro atoms. The fraction of sp³-hybridized carbons (Fsp3) is 0.714. The molecule has 1 fully saturated rings. The summed E-state index contributed by atoms with van der Waals surface area (Å²) in [4.78, 5) is 20.8. The number of nitrogens with zero attached hydrogens (tertiary/aromatic N) is 3. The molecule has 2 heterocycles. The SMILES string of the molecule is Cc1nc(C(=O)N(CCN(C)C)C[C@@H]2CCCO2)cs1. The fourth-order valence-corrected chi connectivity index (χ4v) is 2.84. The fourth-order valence-electron chi connectivity index (χ4n) is 2.25. The van der Waals surface area contributed by atoms with Crippen LogP contribution in [0.4, 0.5) is 0 Å². The van der Waals surface area contributed by atoms with Gasteiger partial charge in [0.25, 0.3) is 5.91 Å². The monoisotopic (exact) mass is 297 g/mol. The number of aromatic nitrogens is 1. The van der Waals surface area contributed by atoms with Crippen LogP contribution in [0.25, 0.3) is 0 Å². The molecule has 20 heavy (non-hydrogen) atoms. The van der Waals surface area contributed by atoms with Crippen molar-refractivity contribution in [2.75, 3.05) is 40.3 Å². The van der Waals surface area contributed by atoms with E-state index in [0.717, 1.165) is 31.0 Å². The number of carbonyl (C=O) groups is 1. The highest BCUT2D eigenvalue weighted by molar-refractivity contribution is 7.09. The molecular weight excluding hydrogens is 274 g/mol. The number of rotatable bonds is 6. The van der Waals surface area contributed by atoms with Crippen molar-refractivity contribution < 1.29 is 9.53 Å². The predicted octanol–water partition coefficient (Wildman–Crippen LogP) is 1.63. The van der Waals surface area contributed by atoms with Gasteiger partial charge in [0.1, 0.15) is 5.69 Å². The van der Waals surface area contributed by atoms with E-state index < -0.39 is 0 Å². The lowest BCUT2D eigenvalue weighted by atomic mass is 10.2. The Morgan fingerprint density at radius 3 is 2.85 bits per heavy atom. The summed E-state index contributed by atoms with van der Waals surface area (Å²) >= 11 is 1.52. The largest absolute Gasteiger partial charge is 0.376 e. The smallest absolute Gasteiger partial charge is 0.273 e. The van der Waals surface area contributed by atoms with Gasteiger partial charge in [0.2, 0.25) is 0 Å². The summed E-state index contributed by atoms with van der Waals surface area (Å²) < 4.78 is 5.66. The van der Waals surface area contributed by atoms with Crippen molar-refractivity contribution in [3.05, 3.63) is 16.1 Å². The van der Waals surface area contributed by atoms with Crippen molar-refractivity contribution in [1.82, 2.24) is 14.8 Å². The van der Waals surface area contributed by atoms with Crippen LogP contribution in [0.2, 0.25) is 0 Å². The minimum atomic E-state index is 0.0201. The van der Waals surface area contributed by atoms with E-state index in [9.17, 15) is 4.79 Å². The molecule has 0 aromatic carbocycles. The molecule has 0 radical (unpaired) electrons. The zero-order valence-electron chi connectivity index (χ0n) is 12.5. The molecule has 1 saturated heterocycles. The van der Waals surface area contributed by atoms with Crippen molar-refractivity contribution in [3.63, 3.8) is 0 Å². The van der Waals surface area contributed by atoms with Gasteiger partial charge in [0.05, 0.1) is 11.1 Å². The maximum atomic E-state index is 12.6. The molecule has 0 unspecified atom stereocenters. The van der Waals surface area contributed by atoms with Crippen LogP contribution >= 0.6 is 11.3 Å².